The molecule has 2 aromatic heterocycles. The third kappa shape index (κ3) is 4.90. The van der Waals surface area contributed by atoms with Gasteiger partial charge in [0.2, 0.25) is 0 Å². The van der Waals surface area contributed by atoms with Crippen molar-refractivity contribution < 1.29 is 14.6 Å². The van der Waals surface area contributed by atoms with Gasteiger partial charge in [0.25, 0.3) is 0 Å². The molecule has 0 spiro atoms. The molecule has 0 bridgehead atoms. The summed E-state index contributed by atoms with van der Waals surface area (Å²) in [5, 5.41) is 11.4. The SMILES string of the molecule is C=CCn1c(CC(C)(C)C(=O)O)c2c3c(c(OCc4ccc(-c5ccccc5)cn4)ccc31)CC(C)S2. The van der Waals surface area contributed by atoms with E-state index >= 15 is 0 Å². The van der Waals surface area contributed by atoms with E-state index in [0.717, 1.165) is 40.2 Å². The van der Waals surface area contributed by atoms with Crippen molar-refractivity contribution in [1.29, 1.82) is 0 Å². The van der Waals surface area contributed by atoms with E-state index in [1.165, 1.54) is 15.8 Å². The first-order chi connectivity index (χ1) is 17.8. The number of thioether (sulfide) groups is 1. The quantitative estimate of drug-likeness (QED) is 0.241. The van der Waals surface area contributed by atoms with Crippen LogP contribution in [-0.2, 0) is 30.8 Å². The molecule has 37 heavy (non-hydrogen) atoms. The molecular formula is C31H32N2O3S. The van der Waals surface area contributed by atoms with Gasteiger partial charge in [-0.15, -0.1) is 18.3 Å². The minimum absolute atomic E-state index is 0.356. The highest BCUT2D eigenvalue weighted by molar-refractivity contribution is 8.00. The molecule has 4 aromatic rings. The van der Waals surface area contributed by atoms with Gasteiger partial charge in [-0.05, 0) is 44.0 Å². The highest BCUT2D eigenvalue weighted by Crippen LogP contribution is 2.48. The molecule has 2 aromatic carbocycles. The summed E-state index contributed by atoms with van der Waals surface area (Å²) in [7, 11) is 0. The maximum absolute atomic E-state index is 12.0. The summed E-state index contributed by atoms with van der Waals surface area (Å²) in [5.74, 6) is 0.0774. The molecule has 0 amide bonds. The van der Waals surface area contributed by atoms with Gasteiger partial charge in [0.1, 0.15) is 12.4 Å². The number of carboxylic acids is 1. The number of aliphatic carboxylic acids is 1. The zero-order valence-corrected chi connectivity index (χ0v) is 22.3. The lowest BCUT2D eigenvalue weighted by molar-refractivity contribution is -0.146. The van der Waals surface area contributed by atoms with E-state index in [4.69, 9.17) is 4.74 Å². The molecule has 1 atom stereocenters. The number of rotatable bonds is 9. The molecule has 1 N–H and O–H groups in total. The van der Waals surface area contributed by atoms with Crippen molar-refractivity contribution in [2.45, 2.75) is 56.9 Å². The summed E-state index contributed by atoms with van der Waals surface area (Å²) in [6, 6.07) is 18.5. The molecular weight excluding hydrogens is 480 g/mol. The molecule has 0 saturated heterocycles. The Morgan fingerprint density at radius 2 is 1.97 bits per heavy atom. The Morgan fingerprint density at radius 3 is 2.65 bits per heavy atom. The summed E-state index contributed by atoms with van der Waals surface area (Å²) in [4.78, 5) is 17.8. The lowest BCUT2D eigenvalue weighted by Crippen LogP contribution is -2.27. The van der Waals surface area contributed by atoms with Crippen LogP contribution in [0, 0.1) is 5.41 Å². The molecule has 1 aliphatic heterocycles. The van der Waals surface area contributed by atoms with Crippen LogP contribution in [0.15, 0.2) is 78.3 Å². The lowest BCUT2D eigenvalue weighted by atomic mass is 9.88. The highest BCUT2D eigenvalue weighted by atomic mass is 32.2. The first-order valence-electron chi connectivity index (χ1n) is 12.6. The zero-order chi connectivity index (χ0) is 26.2. The Balaban J connectivity index is 1.49. The average molecular weight is 513 g/mol. The second kappa shape index (κ2) is 10.1. The Bertz CT molecular complexity index is 1460. The normalized spacial score (nSPS) is 15.1. The van der Waals surface area contributed by atoms with Gasteiger partial charge in [0, 0.05) is 51.5 Å². The molecule has 0 fully saturated rings. The molecule has 6 heteroatoms. The first kappa shape index (κ1) is 25.2. The van der Waals surface area contributed by atoms with Gasteiger partial charge in [-0.1, -0.05) is 49.4 Å². The number of allylic oxidation sites excluding steroid dienone is 1. The summed E-state index contributed by atoms with van der Waals surface area (Å²) in [6.07, 6.45) is 5.11. The standard InChI is InChI=1S/C31H32N2O3S/c1-5-15-33-25-13-14-27(36-19-23-12-11-22(18-32-23)21-9-7-6-8-10-21)24-16-20(2)37-29(28(24)25)26(33)17-31(3,4)30(34)35/h5-14,18,20H,1,15-17,19H2,2-4H3,(H,34,35). The molecule has 5 rings (SSSR count). The Hall–Kier alpha value is -3.51. The molecule has 0 aliphatic carbocycles. The smallest absolute Gasteiger partial charge is 0.309 e. The lowest BCUT2D eigenvalue weighted by Gasteiger charge is -2.24. The fourth-order valence-electron chi connectivity index (χ4n) is 4.97. The number of carbonyl (C=O) groups is 1. The number of ether oxygens (including phenoxy) is 1. The molecule has 0 saturated carbocycles. The van der Waals surface area contributed by atoms with E-state index in [2.05, 4.69) is 47.3 Å². The van der Waals surface area contributed by atoms with Crippen LogP contribution in [0.5, 0.6) is 5.75 Å². The van der Waals surface area contributed by atoms with Gasteiger partial charge in [0.05, 0.1) is 16.6 Å². The van der Waals surface area contributed by atoms with Crippen LogP contribution in [0.2, 0.25) is 0 Å². The second-order valence-electron chi connectivity index (χ2n) is 10.3. The van der Waals surface area contributed by atoms with Crippen LogP contribution in [0.4, 0.5) is 0 Å². The number of hydrogen-bond acceptors (Lipinski definition) is 4. The summed E-state index contributed by atoms with van der Waals surface area (Å²) in [6.45, 7) is 10.8. The minimum atomic E-state index is -0.873. The van der Waals surface area contributed by atoms with E-state index in [9.17, 15) is 9.90 Å². The van der Waals surface area contributed by atoms with Crippen molar-refractivity contribution in [2.75, 3.05) is 0 Å². The van der Waals surface area contributed by atoms with E-state index in [1.807, 2.05) is 54.4 Å². The van der Waals surface area contributed by atoms with Crippen molar-refractivity contribution >= 4 is 28.6 Å². The Labute approximate surface area is 222 Å². The van der Waals surface area contributed by atoms with Crippen molar-refractivity contribution in [3.05, 3.63) is 90.4 Å². The zero-order valence-electron chi connectivity index (χ0n) is 21.5. The van der Waals surface area contributed by atoms with Crippen molar-refractivity contribution in [3.63, 3.8) is 0 Å². The van der Waals surface area contributed by atoms with Crippen LogP contribution >= 0.6 is 11.8 Å². The largest absolute Gasteiger partial charge is 0.487 e. The van der Waals surface area contributed by atoms with Crippen LogP contribution in [0.3, 0.4) is 0 Å². The number of nitrogens with zero attached hydrogens (tertiary/aromatic N) is 2. The predicted molar refractivity (Wildman–Crippen MR) is 150 cm³/mol. The van der Waals surface area contributed by atoms with Gasteiger partial charge in [-0.2, -0.15) is 0 Å². The maximum Gasteiger partial charge on any atom is 0.309 e. The number of pyridine rings is 1. The second-order valence-corrected chi connectivity index (χ2v) is 11.8. The number of aromatic nitrogens is 2. The highest BCUT2D eigenvalue weighted by Gasteiger charge is 2.34. The topological polar surface area (TPSA) is 64.4 Å². The van der Waals surface area contributed by atoms with Crippen molar-refractivity contribution in [1.82, 2.24) is 9.55 Å². The predicted octanol–water partition coefficient (Wildman–Crippen LogP) is 7.16. The van der Waals surface area contributed by atoms with Gasteiger partial charge >= 0.3 is 5.97 Å². The summed E-state index contributed by atoms with van der Waals surface area (Å²) >= 11 is 1.84. The summed E-state index contributed by atoms with van der Waals surface area (Å²) < 4.78 is 8.58. The fraction of sp³-hybridized carbons (Fsp3) is 0.290. The Morgan fingerprint density at radius 1 is 1.19 bits per heavy atom. The minimum Gasteiger partial charge on any atom is -0.487 e. The van der Waals surface area contributed by atoms with Gasteiger partial charge in [-0.3, -0.25) is 9.78 Å². The van der Waals surface area contributed by atoms with E-state index in [1.54, 1.807) is 13.8 Å². The maximum atomic E-state index is 12.0. The van der Waals surface area contributed by atoms with Crippen LogP contribution in [-0.4, -0.2) is 25.9 Å². The van der Waals surface area contributed by atoms with Gasteiger partial charge < -0.3 is 14.4 Å². The fourth-order valence-corrected chi connectivity index (χ4v) is 6.29. The molecule has 190 valence electrons. The molecule has 1 aliphatic rings. The number of hydrogen-bond donors (Lipinski definition) is 1. The van der Waals surface area contributed by atoms with Crippen LogP contribution < -0.4 is 4.74 Å². The average Bonchev–Trinajstić information content (AvgIpc) is 3.17. The molecule has 0 radical (unpaired) electrons. The first-order valence-corrected chi connectivity index (χ1v) is 13.5. The van der Waals surface area contributed by atoms with E-state index in [0.29, 0.717) is 24.8 Å². The number of benzene rings is 2. The molecule has 1 unspecified atom stereocenters. The van der Waals surface area contributed by atoms with Crippen LogP contribution in [0.25, 0.3) is 22.0 Å². The van der Waals surface area contributed by atoms with Crippen molar-refractivity contribution in [3.8, 4) is 16.9 Å². The number of carboxylic acid groups (broad SMARTS) is 1. The third-order valence-electron chi connectivity index (χ3n) is 6.97. The van der Waals surface area contributed by atoms with Crippen molar-refractivity contribution in [2.24, 2.45) is 5.41 Å². The summed E-state index contributed by atoms with van der Waals surface area (Å²) in [5.41, 5.74) is 5.59. The Kier molecular flexibility index (Phi) is 6.86. The van der Waals surface area contributed by atoms with E-state index < -0.39 is 11.4 Å². The molecule has 3 heterocycles. The van der Waals surface area contributed by atoms with Gasteiger partial charge in [0.15, 0.2) is 0 Å². The van der Waals surface area contributed by atoms with E-state index in [-0.39, 0.29) is 0 Å². The van der Waals surface area contributed by atoms with Gasteiger partial charge in [-0.25, -0.2) is 0 Å². The molecule has 5 nitrogen and oxygen atoms in total. The monoisotopic (exact) mass is 512 g/mol. The third-order valence-corrected chi connectivity index (χ3v) is 8.22. The van der Waals surface area contributed by atoms with Crippen LogP contribution in [0.1, 0.15) is 37.7 Å².